The van der Waals surface area contributed by atoms with Gasteiger partial charge in [-0.2, -0.15) is 0 Å². The van der Waals surface area contributed by atoms with E-state index >= 15 is 0 Å². The van der Waals surface area contributed by atoms with Gasteiger partial charge in [0.1, 0.15) is 17.3 Å². The summed E-state index contributed by atoms with van der Waals surface area (Å²) >= 11 is 0. The van der Waals surface area contributed by atoms with Crippen LogP contribution in [0.3, 0.4) is 0 Å². The number of hydrogen-bond donors (Lipinski definition) is 1. The lowest BCUT2D eigenvalue weighted by atomic mass is 9.95. The van der Waals surface area contributed by atoms with Gasteiger partial charge in [-0.15, -0.1) is 0 Å². The number of amides is 1. The molecule has 186 valence electrons. The number of hydrogen-bond acceptors (Lipinski definition) is 5. The maximum absolute atomic E-state index is 13.4. The second kappa shape index (κ2) is 10.7. The molecule has 1 saturated heterocycles. The molecule has 0 bridgehead atoms. The van der Waals surface area contributed by atoms with Crippen molar-refractivity contribution >= 4 is 23.1 Å². The molecule has 0 aliphatic carbocycles. The molecule has 6 nitrogen and oxygen atoms in total. The van der Waals surface area contributed by atoms with Crippen LogP contribution in [-0.4, -0.2) is 30.0 Å². The van der Waals surface area contributed by atoms with Crippen LogP contribution in [0.4, 0.5) is 5.69 Å². The number of carbonyl (C=O) groups is 2. The molecule has 3 aromatic carbocycles. The summed E-state index contributed by atoms with van der Waals surface area (Å²) < 4.78 is 11.5. The number of nitrogens with zero attached hydrogens (tertiary/aromatic N) is 1. The van der Waals surface area contributed by atoms with Gasteiger partial charge in [0.15, 0.2) is 0 Å². The minimum absolute atomic E-state index is 0.0234. The Morgan fingerprint density at radius 3 is 2.28 bits per heavy atom. The fraction of sp³-hybridized carbons (Fsp3) is 0.267. The summed E-state index contributed by atoms with van der Waals surface area (Å²) in [5.41, 5.74) is 2.70. The van der Waals surface area contributed by atoms with Crippen molar-refractivity contribution in [1.29, 1.82) is 0 Å². The number of carbonyl (C=O) groups excluding carboxylic acids is 2. The molecule has 1 aliphatic heterocycles. The van der Waals surface area contributed by atoms with E-state index in [2.05, 4.69) is 13.8 Å². The van der Waals surface area contributed by atoms with E-state index in [0.717, 1.165) is 5.56 Å². The van der Waals surface area contributed by atoms with E-state index < -0.39 is 17.7 Å². The van der Waals surface area contributed by atoms with E-state index in [4.69, 9.17) is 9.47 Å². The maximum atomic E-state index is 13.4. The lowest BCUT2D eigenvalue weighted by Gasteiger charge is -2.26. The molecule has 0 aromatic heterocycles. The molecule has 0 spiro atoms. The average Bonchev–Trinajstić information content (AvgIpc) is 3.14. The third-order valence-corrected chi connectivity index (χ3v) is 5.93. The summed E-state index contributed by atoms with van der Waals surface area (Å²) in [4.78, 5) is 28.2. The number of ether oxygens (including phenoxy) is 2. The Bertz CT molecular complexity index is 1290. The molecule has 1 unspecified atom stereocenters. The number of anilines is 1. The number of aliphatic hydroxyl groups excluding tert-OH is 1. The van der Waals surface area contributed by atoms with Crippen molar-refractivity contribution in [3.05, 3.63) is 95.1 Å². The van der Waals surface area contributed by atoms with Crippen LogP contribution in [0.15, 0.2) is 78.4 Å². The normalized spacial score (nSPS) is 17.0. The summed E-state index contributed by atoms with van der Waals surface area (Å²) in [6.45, 7) is 8.94. The van der Waals surface area contributed by atoms with Gasteiger partial charge in [-0.05, 0) is 61.7 Å². The molecule has 0 saturated carbocycles. The van der Waals surface area contributed by atoms with Crippen molar-refractivity contribution < 1.29 is 24.2 Å². The monoisotopic (exact) mass is 485 g/mol. The minimum atomic E-state index is -0.828. The molecular weight excluding hydrogens is 454 g/mol. The molecule has 1 amide bonds. The first kappa shape index (κ1) is 25.0. The molecule has 36 heavy (non-hydrogen) atoms. The van der Waals surface area contributed by atoms with E-state index in [1.807, 2.05) is 62.4 Å². The Morgan fingerprint density at radius 1 is 0.944 bits per heavy atom. The van der Waals surface area contributed by atoms with Crippen LogP contribution >= 0.6 is 0 Å². The molecule has 3 aromatic rings. The Kier molecular flexibility index (Phi) is 7.44. The molecule has 1 N–H and O–H groups in total. The Hall–Kier alpha value is -4.06. The lowest BCUT2D eigenvalue weighted by molar-refractivity contribution is -0.132. The first-order valence-electron chi connectivity index (χ1n) is 12.1. The second-order valence-electron chi connectivity index (χ2n) is 9.24. The highest BCUT2D eigenvalue weighted by molar-refractivity contribution is 6.51. The Labute approximate surface area is 211 Å². The van der Waals surface area contributed by atoms with Crippen LogP contribution in [-0.2, 0) is 9.59 Å². The van der Waals surface area contributed by atoms with Gasteiger partial charge in [-0.1, -0.05) is 55.8 Å². The standard InChI is InChI=1S/C30H31NO5/c1-5-35-24-10-7-9-22(17-24)28(32)26-27(21-8-6-11-25(16-21)36-18-19(2)3)31(30(34)29(26)33)23-14-12-20(4)13-15-23/h6-17,19,27,32H,5,18H2,1-4H3/b28-26-. The van der Waals surface area contributed by atoms with Gasteiger partial charge in [-0.25, -0.2) is 0 Å². The topological polar surface area (TPSA) is 76.1 Å². The zero-order valence-electron chi connectivity index (χ0n) is 21.0. The fourth-order valence-corrected chi connectivity index (χ4v) is 4.21. The van der Waals surface area contributed by atoms with Gasteiger partial charge < -0.3 is 14.6 Å². The Morgan fingerprint density at radius 2 is 1.61 bits per heavy atom. The van der Waals surface area contributed by atoms with E-state index in [-0.39, 0.29) is 11.3 Å². The maximum Gasteiger partial charge on any atom is 0.300 e. The largest absolute Gasteiger partial charge is 0.507 e. The summed E-state index contributed by atoms with van der Waals surface area (Å²) in [6.07, 6.45) is 0. The smallest absolute Gasteiger partial charge is 0.300 e. The van der Waals surface area contributed by atoms with E-state index in [1.165, 1.54) is 4.90 Å². The quantitative estimate of drug-likeness (QED) is 0.239. The number of aryl methyl sites for hydroxylation is 1. The van der Waals surface area contributed by atoms with Crippen LogP contribution in [0.1, 0.15) is 43.5 Å². The van der Waals surface area contributed by atoms with Gasteiger partial charge >= 0.3 is 0 Å². The minimum Gasteiger partial charge on any atom is -0.507 e. The number of Topliss-reactive ketones (excluding diaryl/α,β-unsaturated/α-hetero) is 1. The van der Waals surface area contributed by atoms with Crippen LogP contribution in [0, 0.1) is 12.8 Å². The first-order valence-corrected chi connectivity index (χ1v) is 12.1. The molecule has 0 radical (unpaired) electrons. The summed E-state index contributed by atoms with van der Waals surface area (Å²) in [6, 6.07) is 20.8. The first-order chi connectivity index (χ1) is 17.3. The second-order valence-corrected chi connectivity index (χ2v) is 9.24. The molecule has 4 rings (SSSR count). The summed E-state index contributed by atoms with van der Waals surface area (Å²) in [5.74, 6) is -0.148. The van der Waals surface area contributed by atoms with Crippen LogP contribution in [0.25, 0.3) is 5.76 Å². The number of rotatable bonds is 8. The van der Waals surface area contributed by atoms with E-state index in [9.17, 15) is 14.7 Å². The number of aliphatic hydroxyl groups is 1. The molecule has 1 heterocycles. The van der Waals surface area contributed by atoms with Crippen molar-refractivity contribution in [1.82, 2.24) is 0 Å². The predicted octanol–water partition coefficient (Wildman–Crippen LogP) is 6.05. The SMILES string of the molecule is CCOc1cccc(/C(O)=C2/C(=O)C(=O)N(c3ccc(C)cc3)C2c2cccc(OCC(C)C)c2)c1. The van der Waals surface area contributed by atoms with Crippen molar-refractivity contribution in [2.75, 3.05) is 18.1 Å². The number of ketones is 1. The van der Waals surface area contributed by atoms with Gasteiger partial charge in [0.25, 0.3) is 11.7 Å². The molecule has 1 aliphatic rings. The third-order valence-electron chi connectivity index (χ3n) is 5.93. The van der Waals surface area contributed by atoms with Crippen LogP contribution < -0.4 is 14.4 Å². The molecule has 6 heteroatoms. The highest BCUT2D eigenvalue weighted by atomic mass is 16.5. The lowest BCUT2D eigenvalue weighted by Crippen LogP contribution is -2.29. The van der Waals surface area contributed by atoms with Gasteiger partial charge in [-0.3, -0.25) is 14.5 Å². The van der Waals surface area contributed by atoms with Crippen molar-refractivity contribution in [3.63, 3.8) is 0 Å². The van der Waals surface area contributed by atoms with Crippen LogP contribution in [0.5, 0.6) is 11.5 Å². The van der Waals surface area contributed by atoms with E-state index in [1.54, 1.807) is 24.3 Å². The third kappa shape index (κ3) is 5.13. The predicted molar refractivity (Wildman–Crippen MR) is 140 cm³/mol. The highest BCUT2D eigenvalue weighted by Crippen LogP contribution is 2.43. The number of benzene rings is 3. The van der Waals surface area contributed by atoms with Gasteiger partial charge in [0.2, 0.25) is 0 Å². The van der Waals surface area contributed by atoms with Gasteiger partial charge in [0, 0.05) is 11.3 Å². The zero-order valence-corrected chi connectivity index (χ0v) is 21.0. The van der Waals surface area contributed by atoms with Crippen molar-refractivity contribution in [3.8, 4) is 11.5 Å². The summed E-state index contributed by atoms with van der Waals surface area (Å²) in [7, 11) is 0. The van der Waals surface area contributed by atoms with Crippen molar-refractivity contribution in [2.24, 2.45) is 5.92 Å². The average molecular weight is 486 g/mol. The van der Waals surface area contributed by atoms with Gasteiger partial charge in [0.05, 0.1) is 24.8 Å². The molecule has 1 fully saturated rings. The van der Waals surface area contributed by atoms with Crippen LogP contribution in [0.2, 0.25) is 0 Å². The fourth-order valence-electron chi connectivity index (χ4n) is 4.21. The molecular formula is C30H31NO5. The highest BCUT2D eigenvalue weighted by Gasteiger charge is 2.47. The van der Waals surface area contributed by atoms with Crippen molar-refractivity contribution in [2.45, 2.75) is 33.7 Å². The molecule has 1 atom stereocenters. The Balaban J connectivity index is 1.88. The van der Waals surface area contributed by atoms with E-state index in [0.29, 0.717) is 47.4 Å². The summed E-state index contributed by atoms with van der Waals surface area (Å²) in [5, 5.41) is 11.4. The zero-order chi connectivity index (χ0) is 25.8.